The minimum atomic E-state index is -0.340. The molecule has 1 aliphatic heterocycles. The average Bonchev–Trinajstić information content (AvgIpc) is 3.26. The fourth-order valence-corrected chi connectivity index (χ4v) is 2.68. The first kappa shape index (κ1) is 18.1. The van der Waals surface area contributed by atoms with E-state index in [1.165, 1.54) is 0 Å². The summed E-state index contributed by atoms with van der Waals surface area (Å²) in [4.78, 5) is 24.1. The maximum atomic E-state index is 12.5. The van der Waals surface area contributed by atoms with Crippen LogP contribution in [-0.2, 0) is 21.3 Å². The zero-order valence-electron chi connectivity index (χ0n) is 14.5. The SMILES string of the molecule is Cn1cc(NC(=O)CCN)cc1C(=O)Nc1ccc(C2OCCO2)cc1. The number of carbonyl (C=O) groups is 2. The van der Waals surface area contributed by atoms with Crippen molar-refractivity contribution in [2.45, 2.75) is 12.7 Å². The lowest BCUT2D eigenvalue weighted by molar-refractivity contribution is -0.116. The Kier molecular flexibility index (Phi) is 5.67. The van der Waals surface area contributed by atoms with Crippen LogP contribution >= 0.6 is 0 Å². The van der Waals surface area contributed by atoms with E-state index in [-0.39, 0.29) is 31.1 Å². The van der Waals surface area contributed by atoms with Crippen LogP contribution < -0.4 is 16.4 Å². The molecule has 138 valence electrons. The first-order chi connectivity index (χ1) is 12.6. The van der Waals surface area contributed by atoms with Gasteiger partial charge in [-0.15, -0.1) is 0 Å². The predicted molar refractivity (Wildman–Crippen MR) is 96.8 cm³/mol. The topological polar surface area (TPSA) is 108 Å². The number of anilines is 2. The van der Waals surface area contributed by atoms with E-state index >= 15 is 0 Å². The predicted octanol–water partition coefficient (Wildman–Crippen LogP) is 1.61. The first-order valence-corrected chi connectivity index (χ1v) is 8.37. The van der Waals surface area contributed by atoms with Crippen LogP contribution in [0, 0.1) is 0 Å². The first-order valence-electron chi connectivity index (χ1n) is 8.37. The summed E-state index contributed by atoms with van der Waals surface area (Å²) in [5.41, 5.74) is 7.91. The largest absolute Gasteiger partial charge is 0.346 e. The Morgan fingerprint density at radius 1 is 1.15 bits per heavy atom. The number of nitrogens with two attached hydrogens (primary N) is 1. The summed E-state index contributed by atoms with van der Waals surface area (Å²) >= 11 is 0. The molecule has 1 fully saturated rings. The van der Waals surface area contributed by atoms with Gasteiger partial charge in [-0.2, -0.15) is 0 Å². The summed E-state index contributed by atoms with van der Waals surface area (Å²) in [7, 11) is 1.74. The van der Waals surface area contributed by atoms with Gasteiger partial charge in [-0.3, -0.25) is 9.59 Å². The number of aryl methyl sites for hydroxylation is 1. The molecule has 8 nitrogen and oxygen atoms in total. The third-order valence-corrected chi connectivity index (χ3v) is 3.96. The van der Waals surface area contributed by atoms with Crippen molar-refractivity contribution in [2.75, 3.05) is 30.4 Å². The van der Waals surface area contributed by atoms with Crippen LogP contribution in [0.15, 0.2) is 36.5 Å². The zero-order chi connectivity index (χ0) is 18.5. The Morgan fingerprint density at radius 3 is 2.50 bits per heavy atom. The van der Waals surface area contributed by atoms with Gasteiger partial charge >= 0.3 is 0 Å². The number of carbonyl (C=O) groups excluding carboxylic acids is 2. The van der Waals surface area contributed by atoms with Gasteiger partial charge in [-0.25, -0.2) is 0 Å². The molecule has 4 N–H and O–H groups in total. The molecular weight excluding hydrogens is 336 g/mol. The summed E-state index contributed by atoms with van der Waals surface area (Å²) in [6.45, 7) is 1.44. The molecule has 2 amide bonds. The second kappa shape index (κ2) is 8.13. The molecule has 1 saturated heterocycles. The lowest BCUT2D eigenvalue weighted by atomic mass is 10.2. The number of ether oxygens (including phenoxy) is 2. The molecule has 1 aliphatic rings. The third kappa shape index (κ3) is 4.29. The van der Waals surface area contributed by atoms with Gasteiger partial charge in [0.2, 0.25) is 5.91 Å². The highest BCUT2D eigenvalue weighted by molar-refractivity contribution is 6.04. The minimum absolute atomic E-state index is 0.183. The van der Waals surface area contributed by atoms with Crippen molar-refractivity contribution >= 4 is 23.2 Å². The Hall–Kier alpha value is -2.68. The van der Waals surface area contributed by atoms with E-state index in [0.717, 1.165) is 5.56 Å². The van der Waals surface area contributed by atoms with Crippen molar-refractivity contribution in [3.8, 4) is 0 Å². The van der Waals surface area contributed by atoms with Gasteiger partial charge in [0.25, 0.3) is 5.91 Å². The summed E-state index contributed by atoms with van der Waals surface area (Å²) in [6.07, 6.45) is 1.57. The highest BCUT2D eigenvalue weighted by atomic mass is 16.7. The van der Waals surface area contributed by atoms with Crippen molar-refractivity contribution in [2.24, 2.45) is 12.8 Å². The highest BCUT2D eigenvalue weighted by Crippen LogP contribution is 2.24. The maximum Gasteiger partial charge on any atom is 0.272 e. The normalized spacial score (nSPS) is 14.4. The molecular formula is C18H22N4O4. The number of amides is 2. The molecule has 0 aliphatic carbocycles. The zero-order valence-corrected chi connectivity index (χ0v) is 14.5. The molecule has 2 heterocycles. The van der Waals surface area contributed by atoms with Gasteiger partial charge in [-0.1, -0.05) is 12.1 Å². The van der Waals surface area contributed by atoms with Crippen LogP contribution in [0.25, 0.3) is 0 Å². The van der Waals surface area contributed by atoms with Gasteiger partial charge < -0.3 is 30.4 Å². The van der Waals surface area contributed by atoms with Crippen LogP contribution in [0.1, 0.15) is 28.8 Å². The molecule has 1 aromatic carbocycles. The monoisotopic (exact) mass is 358 g/mol. The molecule has 0 spiro atoms. The van der Waals surface area contributed by atoms with Crippen LogP contribution in [0.5, 0.6) is 0 Å². The number of hydrogen-bond donors (Lipinski definition) is 3. The Labute approximate surface area is 151 Å². The number of benzene rings is 1. The summed E-state index contributed by atoms with van der Waals surface area (Å²) in [6, 6.07) is 8.93. The van der Waals surface area contributed by atoms with Crippen LogP contribution in [-0.4, -0.2) is 36.1 Å². The van der Waals surface area contributed by atoms with Gasteiger partial charge in [0.1, 0.15) is 5.69 Å². The average molecular weight is 358 g/mol. The molecule has 0 saturated carbocycles. The number of aromatic nitrogens is 1. The van der Waals surface area contributed by atoms with E-state index in [2.05, 4.69) is 10.6 Å². The number of hydrogen-bond acceptors (Lipinski definition) is 5. The van der Waals surface area contributed by atoms with E-state index in [1.54, 1.807) is 36.0 Å². The van der Waals surface area contributed by atoms with Crippen molar-refractivity contribution in [1.29, 1.82) is 0 Å². The molecule has 8 heteroatoms. The fourth-order valence-electron chi connectivity index (χ4n) is 2.68. The van der Waals surface area contributed by atoms with Crippen LogP contribution in [0.4, 0.5) is 11.4 Å². The van der Waals surface area contributed by atoms with Gasteiger partial charge in [0.15, 0.2) is 6.29 Å². The second-order valence-electron chi connectivity index (χ2n) is 5.96. The Balaban J connectivity index is 1.64. The van der Waals surface area contributed by atoms with E-state index in [4.69, 9.17) is 15.2 Å². The van der Waals surface area contributed by atoms with E-state index in [9.17, 15) is 9.59 Å². The second-order valence-corrected chi connectivity index (χ2v) is 5.96. The molecule has 0 unspecified atom stereocenters. The van der Waals surface area contributed by atoms with Crippen LogP contribution in [0.3, 0.4) is 0 Å². The van der Waals surface area contributed by atoms with E-state index in [0.29, 0.717) is 30.3 Å². The molecule has 0 radical (unpaired) electrons. The molecule has 26 heavy (non-hydrogen) atoms. The summed E-state index contributed by atoms with van der Waals surface area (Å²) in [5, 5.41) is 5.55. The van der Waals surface area contributed by atoms with Crippen molar-refractivity contribution in [3.63, 3.8) is 0 Å². The van der Waals surface area contributed by atoms with Crippen molar-refractivity contribution < 1.29 is 19.1 Å². The molecule has 0 atom stereocenters. The maximum absolute atomic E-state index is 12.5. The Morgan fingerprint density at radius 2 is 1.85 bits per heavy atom. The van der Waals surface area contributed by atoms with Crippen molar-refractivity contribution in [1.82, 2.24) is 4.57 Å². The molecule has 3 rings (SSSR count). The number of rotatable bonds is 6. The van der Waals surface area contributed by atoms with Gasteiger partial charge in [0, 0.05) is 37.5 Å². The molecule has 0 bridgehead atoms. The molecule has 2 aromatic rings. The highest BCUT2D eigenvalue weighted by Gasteiger charge is 2.18. The lowest BCUT2D eigenvalue weighted by Crippen LogP contribution is -2.16. The lowest BCUT2D eigenvalue weighted by Gasteiger charge is -2.10. The summed E-state index contributed by atoms with van der Waals surface area (Å²) in [5.74, 6) is -0.454. The Bertz CT molecular complexity index is 779. The summed E-state index contributed by atoms with van der Waals surface area (Å²) < 4.78 is 12.5. The standard InChI is InChI=1S/C18H22N4O4/c1-22-11-14(20-16(23)6-7-19)10-15(22)17(24)21-13-4-2-12(3-5-13)18-25-8-9-26-18/h2-5,10-11,18H,6-9,19H2,1H3,(H,20,23)(H,21,24). The van der Waals surface area contributed by atoms with E-state index < -0.39 is 0 Å². The van der Waals surface area contributed by atoms with Crippen molar-refractivity contribution in [3.05, 3.63) is 47.8 Å². The fraction of sp³-hybridized carbons (Fsp3) is 0.333. The van der Waals surface area contributed by atoms with E-state index in [1.807, 2.05) is 12.1 Å². The smallest absolute Gasteiger partial charge is 0.272 e. The van der Waals surface area contributed by atoms with Gasteiger partial charge in [-0.05, 0) is 18.2 Å². The van der Waals surface area contributed by atoms with Crippen LogP contribution in [0.2, 0.25) is 0 Å². The minimum Gasteiger partial charge on any atom is -0.346 e. The molecule has 1 aromatic heterocycles. The quantitative estimate of drug-likeness (QED) is 0.727. The van der Waals surface area contributed by atoms with Gasteiger partial charge in [0.05, 0.1) is 18.9 Å². The number of nitrogens with one attached hydrogen (secondary N) is 2. The number of nitrogens with zero attached hydrogens (tertiary/aromatic N) is 1. The third-order valence-electron chi connectivity index (χ3n) is 3.96.